The molecule has 0 aliphatic carbocycles. The van der Waals surface area contributed by atoms with Gasteiger partial charge in [-0.15, -0.1) is 0 Å². The normalized spacial score (nSPS) is 16.5. The van der Waals surface area contributed by atoms with Gasteiger partial charge in [0.25, 0.3) is 0 Å². The van der Waals surface area contributed by atoms with E-state index in [1.807, 2.05) is 0 Å². The second-order valence-electron chi connectivity index (χ2n) is 6.98. The summed E-state index contributed by atoms with van der Waals surface area (Å²) < 4.78 is 15.6. The highest BCUT2D eigenvalue weighted by molar-refractivity contribution is 5.76. The highest BCUT2D eigenvalue weighted by Crippen LogP contribution is 2.35. The predicted octanol–water partition coefficient (Wildman–Crippen LogP) is 5.32. The number of aryl methyl sites for hydroxylation is 2. The molecule has 4 heteroatoms. The van der Waals surface area contributed by atoms with Crippen LogP contribution in [0.5, 0.6) is 0 Å². The van der Waals surface area contributed by atoms with Crippen LogP contribution in [0.2, 0.25) is 0 Å². The maximum absolute atomic E-state index is 13.3. The molecule has 0 bridgehead atoms. The van der Waals surface area contributed by atoms with Crippen LogP contribution < -0.4 is 5.32 Å². The first-order chi connectivity index (χ1) is 12.1. The molecule has 1 aliphatic heterocycles. The van der Waals surface area contributed by atoms with Crippen molar-refractivity contribution in [3.05, 3.63) is 65.7 Å². The van der Waals surface area contributed by atoms with Crippen LogP contribution in [0.15, 0.2) is 48.5 Å². The summed E-state index contributed by atoms with van der Waals surface area (Å²) in [6.45, 7) is 5.31. The molecular weight excluding hydrogens is 313 g/mol. The Balaban J connectivity index is 1.80. The average Bonchev–Trinajstić information content (AvgIpc) is 2.95. The molecule has 1 atom stereocenters. The van der Waals surface area contributed by atoms with Gasteiger partial charge in [0.1, 0.15) is 23.2 Å². The largest absolute Gasteiger partial charge is 0.340 e. The van der Waals surface area contributed by atoms with Gasteiger partial charge < -0.3 is 9.88 Å². The van der Waals surface area contributed by atoms with Gasteiger partial charge in [-0.3, -0.25) is 0 Å². The van der Waals surface area contributed by atoms with Crippen LogP contribution in [0, 0.1) is 18.7 Å². The van der Waals surface area contributed by atoms with Crippen molar-refractivity contribution in [3.8, 4) is 11.3 Å². The zero-order valence-corrected chi connectivity index (χ0v) is 14.6. The lowest BCUT2D eigenvalue weighted by molar-refractivity contribution is 0.397. The zero-order chi connectivity index (χ0) is 17.4. The molecule has 2 aromatic carbocycles. The Morgan fingerprint density at radius 3 is 2.52 bits per heavy atom. The molecule has 0 saturated carbocycles. The molecule has 1 unspecified atom stereocenters. The van der Waals surface area contributed by atoms with E-state index in [4.69, 9.17) is 4.98 Å². The van der Waals surface area contributed by atoms with Crippen molar-refractivity contribution in [2.45, 2.75) is 33.2 Å². The molecule has 1 N–H and O–H groups in total. The fourth-order valence-electron chi connectivity index (χ4n) is 3.37. The summed E-state index contributed by atoms with van der Waals surface area (Å²) in [6.07, 6.45) is 2.13. The average molecular weight is 335 g/mol. The highest BCUT2D eigenvalue weighted by atomic mass is 19.1. The molecule has 0 spiro atoms. The van der Waals surface area contributed by atoms with Crippen molar-refractivity contribution in [3.63, 3.8) is 0 Å². The van der Waals surface area contributed by atoms with E-state index in [9.17, 15) is 4.39 Å². The van der Waals surface area contributed by atoms with E-state index in [0.29, 0.717) is 5.92 Å². The molecule has 0 fully saturated rings. The zero-order valence-electron chi connectivity index (χ0n) is 14.6. The molecule has 2 heterocycles. The minimum atomic E-state index is -0.227. The fourth-order valence-corrected chi connectivity index (χ4v) is 3.37. The number of nitrogens with one attached hydrogen (secondary N) is 1. The van der Waals surface area contributed by atoms with Crippen LogP contribution in [0.25, 0.3) is 11.3 Å². The number of rotatable bonds is 3. The summed E-state index contributed by atoms with van der Waals surface area (Å²) in [6, 6.07) is 14.9. The van der Waals surface area contributed by atoms with Gasteiger partial charge in [-0.2, -0.15) is 0 Å². The van der Waals surface area contributed by atoms with Gasteiger partial charge >= 0.3 is 0 Å². The third-order valence-electron chi connectivity index (χ3n) is 4.83. The molecule has 4 rings (SSSR count). The molecule has 3 aromatic rings. The maximum Gasteiger partial charge on any atom is 0.138 e. The molecule has 128 valence electrons. The summed E-state index contributed by atoms with van der Waals surface area (Å²) in [5.41, 5.74) is 4.10. The number of halogens is 1. The summed E-state index contributed by atoms with van der Waals surface area (Å²) >= 11 is 0. The number of hydrogen-bond acceptors (Lipinski definition) is 2. The Labute approximate surface area is 147 Å². The van der Waals surface area contributed by atoms with Crippen LogP contribution in [0.4, 0.5) is 15.9 Å². The number of benzene rings is 2. The van der Waals surface area contributed by atoms with Gasteiger partial charge in [0.2, 0.25) is 0 Å². The van der Waals surface area contributed by atoms with Crippen LogP contribution >= 0.6 is 0 Å². The van der Waals surface area contributed by atoms with E-state index in [0.717, 1.165) is 48.0 Å². The Bertz CT molecular complexity index is 879. The van der Waals surface area contributed by atoms with Crippen LogP contribution in [0.1, 0.15) is 24.7 Å². The van der Waals surface area contributed by atoms with E-state index >= 15 is 0 Å². The van der Waals surface area contributed by atoms with E-state index in [1.54, 1.807) is 12.1 Å². The third-order valence-corrected chi connectivity index (χ3v) is 4.83. The van der Waals surface area contributed by atoms with Crippen molar-refractivity contribution in [2.75, 3.05) is 5.32 Å². The van der Waals surface area contributed by atoms with Gasteiger partial charge in [-0.05, 0) is 55.7 Å². The van der Waals surface area contributed by atoms with E-state index in [2.05, 4.69) is 48.0 Å². The van der Waals surface area contributed by atoms with Crippen molar-refractivity contribution < 1.29 is 4.39 Å². The summed E-state index contributed by atoms with van der Waals surface area (Å²) in [5.74, 6) is 2.50. The third kappa shape index (κ3) is 3.16. The van der Waals surface area contributed by atoms with Crippen molar-refractivity contribution >= 4 is 11.5 Å². The Morgan fingerprint density at radius 1 is 1.08 bits per heavy atom. The maximum atomic E-state index is 13.3. The first-order valence-corrected chi connectivity index (χ1v) is 8.79. The second kappa shape index (κ2) is 6.36. The molecule has 1 aliphatic rings. The predicted molar refractivity (Wildman–Crippen MR) is 99.6 cm³/mol. The molecular formula is C21H22FN3. The second-order valence-corrected chi connectivity index (χ2v) is 6.98. The smallest absolute Gasteiger partial charge is 0.138 e. The standard InChI is InChI=1S/C21H22FN3/c1-14-3-10-18(11-4-14)23-21-20(16-6-8-17(22)9-7-16)24-19-12-5-15(2)13-25(19)21/h3-4,6-11,15,23H,5,12-13H2,1-2H3. The van der Waals surface area contributed by atoms with Gasteiger partial charge in [-0.1, -0.05) is 24.6 Å². The molecule has 3 nitrogen and oxygen atoms in total. The number of aromatic nitrogens is 2. The SMILES string of the molecule is Cc1ccc(Nc2c(-c3ccc(F)cc3)nc3n2CC(C)CC3)cc1. The van der Waals surface area contributed by atoms with Crippen LogP contribution in [-0.4, -0.2) is 9.55 Å². The van der Waals surface area contributed by atoms with Gasteiger partial charge in [0.05, 0.1) is 0 Å². The number of nitrogens with zero attached hydrogens (tertiary/aromatic N) is 2. The topological polar surface area (TPSA) is 29.9 Å². The molecule has 25 heavy (non-hydrogen) atoms. The highest BCUT2D eigenvalue weighted by Gasteiger charge is 2.23. The summed E-state index contributed by atoms with van der Waals surface area (Å²) in [5, 5.41) is 3.55. The first kappa shape index (κ1) is 15.9. The number of imidazole rings is 1. The fraction of sp³-hybridized carbons (Fsp3) is 0.286. The van der Waals surface area contributed by atoms with Gasteiger partial charge in [0.15, 0.2) is 0 Å². The van der Waals surface area contributed by atoms with E-state index in [1.165, 1.54) is 17.7 Å². The minimum Gasteiger partial charge on any atom is -0.340 e. The van der Waals surface area contributed by atoms with Gasteiger partial charge in [-0.25, -0.2) is 9.37 Å². The number of anilines is 2. The van der Waals surface area contributed by atoms with Crippen molar-refractivity contribution in [1.29, 1.82) is 0 Å². The number of fused-ring (bicyclic) bond motifs is 1. The Morgan fingerprint density at radius 2 is 1.80 bits per heavy atom. The van der Waals surface area contributed by atoms with E-state index < -0.39 is 0 Å². The van der Waals surface area contributed by atoms with Gasteiger partial charge in [0, 0.05) is 24.2 Å². The lowest BCUT2D eigenvalue weighted by atomic mass is 10.0. The number of hydrogen-bond donors (Lipinski definition) is 1. The molecule has 1 aromatic heterocycles. The molecule has 0 amide bonds. The Hall–Kier alpha value is -2.62. The van der Waals surface area contributed by atoms with Crippen molar-refractivity contribution in [1.82, 2.24) is 9.55 Å². The van der Waals surface area contributed by atoms with Crippen LogP contribution in [0.3, 0.4) is 0 Å². The monoisotopic (exact) mass is 335 g/mol. The first-order valence-electron chi connectivity index (χ1n) is 8.79. The summed E-state index contributed by atoms with van der Waals surface area (Å²) in [7, 11) is 0. The lowest BCUT2D eigenvalue weighted by Crippen LogP contribution is -2.19. The molecule has 0 saturated heterocycles. The van der Waals surface area contributed by atoms with E-state index in [-0.39, 0.29) is 5.82 Å². The van der Waals surface area contributed by atoms with Crippen LogP contribution in [-0.2, 0) is 13.0 Å². The van der Waals surface area contributed by atoms with Crippen molar-refractivity contribution in [2.24, 2.45) is 5.92 Å². The minimum absolute atomic E-state index is 0.227. The summed E-state index contributed by atoms with van der Waals surface area (Å²) in [4.78, 5) is 4.88. The Kier molecular flexibility index (Phi) is 4.04. The quantitative estimate of drug-likeness (QED) is 0.702. The lowest BCUT2D eigenvalue weighted by Gasteiger charge is -2.22. The molecule has 0 radical (unpaired) electrons.